The molecule has 3 heteroatoms. The molecule has 0 heterocycles. The van der Waals surface area contributed by atoms with Crippen molar-refractivity contribution in [1.82, 2.24) is 5.32 Å². The molecule has 0 aliphatic rings. The summed E-state index contributed by atoms with van der Waals surface area (Å²) in [6.07, 6.45) is 4.17. The summed E-state index contributed by atoms with van der Waals surface area (Å²) >= 11 is 0. The average Bonchev–Trinajstić information content (AvgIpc) is 2.43. The number of hydrogen-bond acceptors (Lipinski definition) is 1. The molecular weight excluding hydrogens is 256 g/mol. The fourth-order valence-corrected chi connectivity index (χ4v) is 2.87. The van der Waals surface area contributed by atoms with Gasteiger partial charge in [-0.05, 0) is 37.8 Å². The second-order valence-corrected chi connectivity index (χ2v) is 5.47. The molecule has 0 spiro atoms. The van der Waals surface area contributed by atoms with Crippen molar-refractivity contribution in [1.29, 1.82) is 0 Å². The summed E-state index contributed by atoms with van der Waals surface area (Å²) in [6.45, 7) is 8.63. The van der Waals surface area contributed by atoms with E-state index in [1.54, 1.807) is 19.1 Å². The Balaban J connectivity index is 3.14. The van der Waals surface area contributed by atoms with Gasteiger partial charge in [-0.15, -0.1) is 0 Å². The van der Waals surface area contributed by atoms with Gasteiger partial charge in [-0.3, -0.25) is 0 Å². The maximum Gasteiger partial charge on any atom is 0.163 e. The van der Waals surface area contributed by atoms with Gasteiger partial charge < -0.3 is 5.32 Å². The first kappa shape index (κ1) is 17.1. The van der Waals surface area contributed by atoms with Crippen LogP contribution in [0.5, 0.6) is 0 Å². The lowest BCUT2D eigenvalue weighted by Gasteiger charge is -2.28. The quantitative estimate of drug-likeness (QED) is 0.696. The molecule has 0 aliphatic heterocycles. The molecule has 0 amide bonds. The largest absolute Gasteiger partial charge is 0.310 e. The van der Waals surface area contributed by atoms with E-state index in [1.807, 2.05) is 6.92 Å². The van der Waals surface area contributed by atoms with Crippen molar-refractivity contribution in [2.24, 2.45) is 5.92 Å². The molecule has 1 aromatic rings. The van der Waals surface area contributed by atoms with Crippen molar-refractivity contribution >= 4 is 0 Å². The predicted molar refractivity (Wildman–Crippen MR) is 80.8 cm³/mol. The molecular formula is C17H27F2N. The summed E-state index contributed by atoms with van der Waals surface area (Å²) in [5.41, 5.74) is 0.839. The van der Waals surface area contributed by atoms with Gasteiger partial charge in [0.1, 0.15) is 0 Å². The molecule has 0 saturated heterocycles. The predicted octanol–water partition coefficient (Wildman–Crippen LogP) is 5.14. The molecule has 1 atom stereocenters. The number of halogens is 2. The molecule has 1 rings (SSSR count). The van der Waals surface area contributed by atoms with E-state index in [0.29, 0.717) is 17.0 Å². The van der Waals surface area contributed by atoms with Crippen molar-refractivity contribution in [3.63, 3.8) is 0 Å². The monoisotopic (exact) mass is 283 g/mol. The number of aryl methyl sites for hydroxylation is 1. The lowest BCUT2D eigenvalue weighted by molar-refractivity contribution is 0.310. The van der Waals surface area contributed by atoms with Gasteiger partial charge in [0.15, 0.2) is 11.6 Å². The maximum atomic E-state index is 14.3. The van der Waals surface area contributed by atoms with E-state index >= 15 is 0 Å². The minimum atomic E-state index is -0.711. The van der Waals surface area contributed by atoms with Crippen LogP contribution in [0.1, 0.15) is 63.6 Å². The molecule has 20 heavy (non-hydrogen) atoms. The first-order valence-corrected chi connectivity index (χ1v) is 7.74. The Morgan fingerprint density at radius 1 is 1.00 bits per heavy atom. The summed E-state index contributed by atoms with van der Waals surface area (Å²) in [5.74, 6) is -1.05. The Bertz CT molecular complexity index is 412. The van der Waals surface area contributed by atoms with Gasteiger partial charge in [-0.25, -0.2) is 8.78 Å². The fourth-order valence-electron chi connectivity index (χ4n) is 2.87. The molecule has 0 aromatic heterocycles. The lowest BCUT2D eigenvalue weighted by Crippen LogP contribution is -2.29. The highest BCUT2D eigenvalue weighted by molar-refractivity contribution is 5.28. The van der Waals surface area contributed by atoms with Crippen LogP contribution in [-0.2, 0) is 0 Å². The van der Waals surface area contributed by atoms with Crippen LogP contribution < -0.4 is 5.32 Å². The first-order valence-electron chi connectivity index (χ1n) is 7.74. The molecule has 1 unspecified atom stereocenters. The fraction of sp³-hybridized carbons (Fsp3) is 0.647. The summed E-state index contributed by atoms with van der Waals surface area (Å²) in [4.78, 5) is 0. The summed E-state index contributed by atoms with van der Waals surface area (Å²) < 4.78 is 28.1. The third-order valence-corrected chi connectivity index (χ3v) is 3.85. The van der Waals surface area contributed by atoms with Crippen molar-refractivity contribution in [3.05, 3.63) is 34.9 Å². The SMILES string of the molecule is CCCC(CCC)C(NCC)c1ccc(C)c(F)c1F. The molecule has 1 nitrogen and oxygen atoms in total. The standard InChI is InChI=1S/C17H27F2N/c1-5-8-13(9-6-2)17(20-7-3)14-11-10-12(4)15(18)16(14)19/h10-11,13,17,20H,5-9H2,1-4H3. The van der Waals surface area contributed by atoms with Gasteiger partial charge >= 0.3 is 0 Å². The molecule has 1 aromatic carbocycles. The van der Waals surface area contributed by atoms with E-state index in [9.17, 15) is 8.78 Å². The van der Waals surface area contributed by atoms with Crippen LogP contribution in [0, 0.1) is 24.5 Å². The van der Waals surface area contributed by atoms with Crippen LogP contribution in [0.3, 0.4) is 0 Å². The Hall–Kier alpha value is -0.960. The maximum absolute atomic E-state index is 14.3. The topological polar surface area (TPSA) is 12.0 Å². The van der Waals surface area contributed by atoms with E-state index in [2.05, 4.69) is 19.2 Å². The molecule has 114 valence electrons. The Morgan fingerprint density at radius 2 is 1.60 bits per heavy atom. The zero-order valence-electron chi connectivity index (χ0n) is 13.1. The number of rotatable bonds is 8. The van der Waals surface area contributed by atoms with Crippen LogP contribution in [0.4, 0.5) is 8.78 Å². The Labute approximate surface area is 121 Å². The normalized spacial score (nSPS) is 12.9. The minimum absolute atomic E-state index is 0.102. The summed E-state index contributed by atoms with van der Waals surface area (Å²) in [7, 11) is 0. The van der Waals surface area contributed by atoms with Crippen LogP contribution >= 0.6 is 0 Å². The first-order chi connectivity index (χ1) is 9.56. The minimum Gasteiger partial charge on any atom is -0.310 e. The van der Waals surface area contributed by atoms with Gasteiger partial charge in [0.25, 0.3) is 0 Å². The molecule has 0 saturated carbocycles. The number of benzene rings is 1. The van der Waals surface area contributed by atoms with Crippen LogP contribution in [0.15, 0.2) is 12.1 Å². The molecule has 0 bridgehead atoms. The third-order valence-electron chi connectivity index (χ3n) is 3.85. The molecule has 0 radical (unpaired) electrons. The highest BCUT2D eigenvalue weighted by atomic mass is 19.2. The van der Waals surface area contributed by atoms with Gasteiger partial charge in [0.2, 0.25) is 0 Å². The molecule has 0 fully saturated rings. The summed E-state index contributed by atoms with van der Waals surface area (Å²) in [6, 6.07) is 3.31. The average molecular weight is 283 g/mol. The van der Waals surface area contributed by atoms with Crippen molar-refractivity contribution in [2.45, 2.75) is 59.4 Å². The van der Waals surface area contributed by atoms with E-state index in [4.69, 9.17) is 0 Å². The van der Waals surface area contributed by atoms with Crippen LogP contribution in [-0.4, -0.2) is 6.54 Å². The van der Waals surface area contributed by atoms with E-state index in [-0.39, 0.29) is 6.04 Å². The number of hydrogen-bond donors (Lipinski definition) is 1. The van der Waals surface area contributed by atoms with E-state index in [1.165, 1.54) is 0 Å². The lowest BCUT2D eigenvalue weighted by atomic mass is 9.85. The van der Waals surface area contributed by atoms with Crippen LogP contribution in [0.25, 0.3) is 0 Å². The van der Waals surface area contributed by atoms with Crippen molar-refractivity contribution in [3.8, 4) is 0 Å². The number of nitrogens with one attached hydrogen (secondary N) is 1. The second-order valence-electron chi connectivity index (χ2n) is 5.47. The van der Waals surface area contributed by atoms with Gasteiger partial charge in [0.05, 0.1) is 0 Å². The molecule has 1 N–H and O–H groups in total. The van der Waals surface area contributed by atoms with E-state index in [0.717, 1.165) is 32.2 Å². The smallest absolute Gasteiger partial charge is 0.163 e. The van der Waals surface area contributed by atoms with E-state index < -0.39 is 11.6 Å². The van der Waals surface area contributed by atoms with Gasteiger partial charge in [-0.2, -0.15) is 0 Å². The van der Waals surface area contributed by atoms with Crippen molar-refractivity contribution < 1.29 is 8.78 Å². The van der Waals surface area contributed by atoms with Gasteiger partial charge in [-0.1, -0.05) is 45.7 Å². The Kier molecular flexibility index (Phi) is 7.14. The zero-order valence-corrected chi connectivity index (χ0v) is 13.1. The summed E-state index contributed by atoms with van der Waals surface area (Å²) in [5, 5.41) is 3.35. The second kappa shape index (κ2) is 8.35. The molecule has 0 aliphatic carbocycles. The van der Waals surface area contributed by atoms with Gasteiger partial charge in [0, 0.05) is 11.6 Å². The van der Waals surface area contributed by atoms with Crippen molar-refractivity contribution in [2.75, 3.05) is 6.54 Å². The highest BCUT2D eigenvalue weighted by Crippen LogP contribution is 2.32. The Morgan fingerprint density at radius 3 is 2.10 bits per heavy atom. The highest BCUT2D eigenvalue weighted by Gasteiger charge is 2.25. The van der Waals surface area contributed by atoms with Crippen LogP contribution in [0.2, 0.25) is 0 Å². The zero-order chi connectivity index (χ0) is 15.1. The third kappa shape index (κ3) is 4.02.